The number of aryl methyl sites for hydroxylation is 1. The number of pyridine rings is 1. The zero-order chi connectivity index (χ0) is 10.6. The van der Waals surface area contributed by atoms with Gasteiger partial charge < -0.3 is 15.8 Å². The molecule has 0 fully saturated rings. The van der Waals surface area contributed by atoms with E-state index in [1.165, 1.54) is 13.3 Å². The molecular weight excluding hydrogens is 182 g/mol. The van der Waals surface area contributed by atoms with E-state index in [0.717, 1.165) is 5.56 Å². The lowest BCUT2D eigenvalue weighted by Gasteiger charge is -2.05. The molecule has 5 nitrogen and oxygen atoms in total. The quantitative estimate of drug-likeness (QED) is 0.738. The van der Waals surface area contributed by atoms with Gasteiger partial charge in [0.1, 0.15) is 12.4 Å². The molecule has 76 valence electrons. The Morgan fingerprint density at radius 1 is 1.71 bits per heavy atom. The molecule has 3 N–H and O–H groups in total. The largest absolute Gasteiger partial charge is 0.397 e. The summed E-state index contributed by atoms with van der Waals surface area (Å²) in [5, 5.41) is 2.58. The van der Waals surface area contributed by atoms with Crippen molar-refractivity contribution in [1.82, 2.24) is 4.98 Å². The number of carbonyl (C=O) groups is 1. The number of methoxy groups -OCH3 is 1. The lowest BCUT2D eigenvalue weighted by molar-refractivity contribution is -0.119. The van der Waals surface area contributed by atoms with Crippen molar-refractivity contribution in [2.45, 2.75) is 6.92 Å². The van der Waals surface area contributed by atoms with Crippen LogP contribution in [0.3, 0.4) is 0 Å². The summed E-state index contributed by atoms with van der Waals surface area (Å²) in [4.78, 5) is 15.1. The third-order valence-corrected chi connectivity index (χ3v) is 1.69. The van der Waals surface area contributed by atoms with Crippen LogP contribution in [0.25, 0.3) is 0 Å². The van der Waals surface area contributed by atoms with E-state index < -0.39 is 0 Å². The summed E-state index contributed by atoms with van der Waals surface area (Å²) in [6.45, 7) is 1.87. The van der Waals surface area contributed by atoms with Gasteiger partial charge in [-0.25, -0.2) is 4.98 Å². The SMILES string of the molecule is COCC(=O)Nc1cc(C)c(N)cn1. The van der Waals surface area contributed by atoms with Crippen LogP contribution in [0.5, 0.6) is 0 Å². The van der Waals surface area contributed by atoms with Gasteiger partial charge in [0.2, 0.25) is 0 Å². The fourth-order valence-corrected chi connectivity index (χ4v) is 0.945. The maximum Gasteiger partial charge on any atom is 0.251 e. The molecule has 14 heavy (non-hydrogen) atoms. The Labute approximate surface area is 82.3 Å². The lowest BCUT2D eigenvalue weighted by atomic mass is 10.2. The first-order valence-corrected chi connectivity index (χ1v) is 4.14. The number of nitrogens with zero attached hydrogens (tertiary/aromatic N) is 1. The van der Waals surface area contributed by atoms with E-state index in [4.69, 9.17) is 5.73 Å². The van der Waals surface area contributed by atoms with Gasteiger partial charge in [-0.2, -0.15) is 0 Å². The molecule has 0 aliphatic carbocycles. The van der Waals surface area contributed by atoms with Gasteiger partial charge >= 0.3 is 0 Å². The maximum absolute atomic E-state index is 11.1. The Morgan fingerprint density at radius 2 is 2.43 bits per heavy atom. The number of ether oxygens (including phenoxy) is 1. The number of amides is 1. The molecule has 0 spiro atoms. The van der Waals surface area contributed by atoms with E-state index in [-0.39, 0.29) is 12.5 Å². The van der Waals surface area contributed by atoms with Crippen molar-refractivity contribution in [2.24, 2.45) is 0 Å². The minimum absolute atomic E-state index is 0.0190. The summed E-state index contributed by atoms with van der Waals surface area (Å²) in [5.41, 5.74) is 7.07. The molecule has 0 aliphatic heterocycles. The number of carbonyl (C=O) groups excluding carboxylic acids is 1. The van der Waals surface area contributed by atoms with Crippen LogP contribution in [-0.2, 0) is 9.53 Å². The highest BCUT2D eigenvalue weighted by Gasteiger charge is 2.03. The number of hydrogen-bond acceptors (Lipinski definition) is 4. The Bertz CT molecular complexity index is 339. The van der Waals surface area contributed by atoms with Crippen molar-refractivity contribution < 1.29 is 9.53 Å². The zero-order valence-corrected chi connectivity index (χ0v) is 8.20. The number of nitrogens with two attached hydrogens (primary N) is 1. The number of aromatic nitrogens is 1. The molecule has 1 rings (SSSR count). The molecule has 0 atom stereocenters. The average Bonchev–Trinajstić information content (AvgIpc) is 2.12. The van der Waals surface area contributed by atoms with Crippen LogP contribution in [-0.4, -0.2) is 24.6 Å². The van der Waals surface area contributed by atoms with Crippen molar-refractivity contribution in [2.75, 3.05) is 24.8 Å². The van der Waals surface area contributed by atoms with E-state index in [1.807, 2.05) is 6.92 Å². The molecule has 5 heteroatoms. The van der Waals surface area contributed by atoms with Gasteiger partial charge in [-0.3, -0.25) is 4.79 Å². The monoisotopic (exact) mass is 195 g/mol. The molecule has 1 heterocycles. The predicted octanol–water partition coefficient (Wildman–Crippen LogP) is 0.557. The van der Waals surface area contributed by atoms with Crippen LogP contribution >= 0.6 is 0 Å². The van der Waals surface area contributed by atoms with Crippen LogP contribution in [0.2, 0.25) is 0 Å². The molecule has 1 aromatic rings. The van der Waals surface area contributed by atoms with Crippen LogP contribution in [0.15, 0.2) is 12.3 Å². The second-order valence-electron chi connectivity index (χ2n) is 2.91. The summed E-state index contributed by atoms with van der Waals surface area (Å²) in [7, 11) is 1.46. The predicted molar refractivity (Wildman–Crippen MR) is 53.9 cm³/mol. The minimum Gasteiger partial charge on any atom is -0.397 e. The van der Waals surface area contributed by atoms with Crippen molar-refractivity contribution in [3.8, 4) is 0 Å². The molecule has 0 bridgehead atoms. The zero-order valence-electron chi connectivity index (χ0n) is 8.20. The van der Waals surface area contributed by atoms with Crippen LogP contribution < -0.4 is 11.1 Å². The number of hydrogen-bond donors (Lipinski definition) is 2. The van der Waals surface area contributed by atoms with E-state index in [1.54, 1.807) is 6.07 Å². The number of nitrogen functional groups attached to an aromatic ring is 1. The summed E-state index contributed by atoms with van der Waals surface area (Å²) >= 11 is 0. The van der Waals surface area contributed by atoms with Gasteiger partial charge in [0, 0.05) is 7.11 Å². The van der Waals surface area contributed by atoms with Crippen molar-refractivity contribution in [3.05, 3.63) is 17.8 Å². The van der Waals surface area contributed by atoms with Gasteiger partial charge in [0.25, 0.3) is 5.91 Å². The molecular formula is C9H13N3O2. The lowest BCUT2D eigenvalue weighted by Crippen LogP contribution is -2.18. The minimum atomic E-state index is -0.232. The molecule has 1 aromatic heterocycles. The topological polar surface area (TPSA) is 77.2 Å². The number of nitrogens with one attached hydrogen (secondary N) is 1. The Morgan fingerprint density at radius 3 is 3.00 bits per heavy atom. The van der Waals surface area contributed by atoms with Gasteiger partial charge in [-0.05, 0) is 18.6 Å². The Balaban J connectivity index is 2.68. The molecule has 1 amide bonds. The summed E-state index contributed by atoms with van der Waals surface area (Å²) in [6.07, 6.45) is 1.51. The van der Waals surface area contributed by atoms with Crippen LogP contribution in [0.4, 0.5) is 11.5 Å². The first-order valence-electron chi connectivity index (χ1n) is 4.14. The van der Waals surface area contributed by atoms with Crippen molar-refractivity contribution in [3.63, 3.8) is 0 Å². The summed E-state index contributed by atoms with van der Waals surface area (Å²) in [5.74, 6) is 0.253. The second kappa shape index (κ2) is 4.57. The van der Waals surface area contributed by atoms with Crippen molar-refractivity contribution in [1.29, 1.82) is 0 Å². The fourth-order valence-electron chi connectivity index (χ4n) is 0.945. The van der Waals surface area contributed by atoms with Crippen LogP contribution in [0.1, 0.15) is 5.56 Å². The first kappa shape index (κ1) is 10.5. The first-order chi connectivity index (χ1) is 6.63. The smallest absolute Gasteiger partial charge is 0.251 e. The molecule has 0 saturated heterocycles. The highest BCUT2D eigenvalue weighted by molar-refractivity contribution is 5.90. The van der Waals surface area contributed by atoms with E-state index in [9.17, 15) is 4.79 Å². The normalized spacial score (nSPS) is 9.86. The number of anilines is 2. The third-order valence-electron chi connectivity index (χ3n) is 1.69. The fraction of sp³-hybridized carbons (Fsp3) is 0.333. The van der Waals surface area contributed by atoms with Gasteiger partial charge in [0.15, 0.2) is 0 Å². The molecule has 0 radical (unpaired) electrons. The molecule has 0 unspecified atom stereocenters. The van der Waals surface area contributed by atoms with E-state index >= 15 is 0 Å². The van der Waals surface area contributed by atoms with Crippen LogP contribution in [0, 0.1) is 6.92 Å². The highest BCUT2D eigenvalue weighted by atomic mass is 16.5. The molecule has 0 aliphatic rings. The molecule has 0 aromatic carbocycles. The van der Waals surface area contributed by atoms with Gasteiger partial charge in [-0.1, -0.05) is 0 Å². The third kappa shape index (κ3) is 2.70. The average molecular weight is 195 g/mol. The summed E-state index contributed by atoms with van der Waals surface area (Å²) < 4.78 is 4.67. The maximum atomic E-state index is 11.1. The summed E-state index contributed by atoms with van der Waals surface area (Å²) in [6, 6.07) is 1.71. The van der Waals surface area contributed by atoms with Crippen molar-refractivity contribution >= 4 is 17.4 Å². The standard InChI is InChI=1S/C9H13N3O2/c1-6-3-8(11-4-7(6)10)12-9(13)5-14-2/h3-4H,5,10H2,1-2H3,(H,11,12,13). The molecule has 0 saturated carbocycles. The van der Waals surface area contributed by atoms with Gasteiger partial charge in [-0.15, -0.1) is 0 Å². The number of rotatable bonds is 3. The highest BCUT2D eigenvalue weighted by Crippen LogP contribution is 2.12. The van der Waals surface area contributed by atoms with E-state index in [2.05, 4.69) is 15.0 Å². The van der Waals surface area contributed by atoms with E-state index in [0.29, 0.717) is 11.5 Å². The second-order valence-corrected chi connectivity index (χ2v) is 2.91. The van der Waals surface area contributed by atoms with Gasteiger partial charge in [0.05, 0.1) is 11.9 Å². The Kier molecular flexibility index (Phi) is 3.41. The Hall–Kier alpha value is -1.62.